The lowest BCUT2D eigenvalue weighted by molar-refractivity contribution is 0.0940. The minimum atomic E-state index is 0.0973. The van der Waals surface area contributed by atoms with Crippen LogP contribution in [0.3, 0.4) is 0 Å². The Morgan fingerprint density at radius 1 is 1.47 bits per heavy atom. The van der Waals surface area contributed by atoms with Crippen LogP contribution in [0, 0.1) is 6.92 Å². The molecule has 0 amide bonds. The number of nitrogens with zero attached hydrogens (tertiary/aromatic N) is 1. The summed E-state index contributed by atoms with van der Waals surface area (Å²) in [5, 5.41) is 11.8. The highest BCUT2D eigenvalue weighted by atomic mass is 32.1. The Labute approximate surface area is 94.3 Å². The zero-order chi connectivity index (χ0) is 10.9. The minimum Gasteiger partial charge on any atom is -0.394 e. The first-order valence-corrected chi connectivity index (χ1v) is 6.01. The summed E-state index contributed by atoms with van der Waals surface area (Å²) in [7, 11) is 0. The molecule has 0 spiro atoms. The Balaban J connectivity index is 1.96. The van der Waals surface area contributed by atoms with E-state index in [1.165, 1.54) is 4.88 Å². The molecule has 5 heteroatoms. The lowest BCUT2D eigenvalue weighted by Crippen LogP contribution is -2.22. The molecule has 0 aliphatic heterocycles. The van der Waals surface area contributed by atoms with Gasteiger partial charge in [-0.1, -0.05) is 0 Å². The van der Waals surface area contributed by atoms with E-state index in [-0.39, 0.29) is 6.61 Å². The highest BCUT2D eigenvalue weighted by molar-refractivity contribution is 7.09. The number of aliphatic hydroxyl groups excluding tert-OH is 1. The summed E-state index contributed by atoms with van der Waals surface area (Å²) in [4.78, 5) is 5.54. The third kappa shape index (κ3) is 5.22. The van der Waals surface area contributed by atoms with Crippen molar-refractivity contribution in [2.75, 3.05) is 32.9 Å². The number of hydrogen-bond donors (Lipinski definition) is 2. The molecule has 0 atom stereocenters. The Bertz CT molecular complexity index is 266. The van der Waals surface area contributed by atoms with E-state index < -0.39 is 0 Å². The second-order valence-electron chi connectivity index (χ2n) is 3.20. The minimum absolute atomic E-state index is 0.0973. The van der Waals surface area contributed by atoms with Crippen LogP contribution in [0.1, 0.15) is 10.6 Å². The molecule has 1 rings (SSSR count). The van der Waals surface area contributed by atoms with E-state index in [2.05, 4.69) is 10.3 Å². The van der Waals surface area contributed by atoms with Gasteiger partial charge in [0.1, 0.15) is 0 Å². The highest BCUT2D eigenvalue weighted by Crippen LogP contribution is 2.11. The number of aryl methyl sites for hydroxylation is 1. The van der Waals surface area contributed by atoms with Crippen molar-refractivity contribution in [2.24, 2.45) is 0 Å². The molecule has 2 N–H and O–H groups in total. The average molecular weight is 230 g/mol. The zero-order valence-electron chi connectivity index (χ0n) is 9.03. The Kier molecular flexibility index (Phi) is 6.50. The van der Waals surface area contributed by atoms with Gasteiger partial charge in [-0.05, 0) is 13.3 Å². The predicted octanol–water partition coefficient (Wildman–Crippen LogP) is 0.593. The summed E-state index contributed by atoms with van der Waals surface area (Å²) in [5.41, 5.74) is 3.02. The summed E-state index contributed by atoms with van der Waals surface area (Å²) < 4.78 is 5.12. The summed E-state index contributed by atoms with van der Waals surface area (Å²) >= 11 is 1.71. The number of thiazole rings is 1. The smallest absolute Gasteiger partial charge is 0.0797 e. The first-order valence-electron chi connectivity index (χ1n) is 5.13. The fourth-order valence-electron chi connectivity index (χ4n) is 1.20. The number of ether oxygens (including phenoxy) is 1. The van der Waals surface area contributed by atoms with E-state index >= 15 is 0 Å². The maximum absolute atomic E-state index is 8.47. The average Bonchev–Trinajstić information content (AvgIpc) is 2.63. The van der Waals surface area contributed by atoms with Crippen molar-refractivity contribution in [1.82, 2.24) is 10.3 Å². The van der Waals surface area contributed by atoms with Crippen molar-refractivity contribution in [3.63, 3.8) is 0 Å². The van der Waals surface area contributed by atoms with Crippen LogP contribution in [-0.4, -0.2) is 43.0 Å². The van der Waals surface area contributed by atoms with E-state index in [9.17, 15) is 0 Å². The van der Waals surface area contributed by atoms with Gasteiger partial charge >= 0.3 is 0 Å². The van der Waals surface area contributed by atoms with Crippen LogP contribution in [0.15, 0.2) is 5.51 Å². The quantitative estimate of drug-likeness (QED) is 0.642. The van der Waals surface area contributed by atoms with Gasteiger partial charge in [-0.2, -0.15) is 0 Å². The van der Waals surface area contributed by atoms with Gasteiger partial charge in [-0.15, -0.1) is 11.3 Å². The van der Waals surface area contributed by atoms with Crippen molar-refractivity contribution >= 4 is 11.3 Å². The highest BCUT2D eigenvalue weighted by Gasteiger charge is 1.99. The van der Waals surface area contributed by atoms with E-state index in [0.717, 1.165) is 25.2 Å². The molecule has 0 unspecified atom stereocenters. The van der Waals surface area contributed by atoms with E-state index in [1.807, 2.05) is 12.4 Å². The van der Waals surface area contributed by atoms with Gasteiger partial charge in [0.2, 0.25) is 0 Å². The van der Waals surface area contributed by atoms with E-state index in [4.69, 9.17) is 9.84 Å². The number of aliphatic hydroxyl groups is 1. The molecule has 0 aromatic carbocycles. The third-order valence-corrected chi connectivity index (χ3v) is 3.03. The molecule has 4 nitrogen and oxygen atoms in total. The molecule has 1 aromatic rings. The predicted molar refractivity (Wildman–Crippen MR) is 61.3 cm³/mol. The van der Waals surface area contributed by atoms with E-state index in [0.29, 0.717) is 13.2 Å². The van der Waals surface area contributed by atoms with Crippen molar-refractivity contribution in [2.45, 2.75) is 13.3 Å². The Morgan fingerprint density at radius 3 is 3.00 bits per heavy atom. The SMILES string of the molecule is Cc1ncsc1CCNCCOCCO. The maximum Gasteiger partial charge on any atom is 0.0797 e. The molecule has 1 aromatic heterocycles. The fraction of sp³-hybridized carbons (Fsp3) is 0.700. The molecule has 15 heavy (non-hydrogen) atoms. The van der Waals surface area contributed by atoms with Gasteiger partial charge in [0.05, 0.1) is 31.0 Å². The van der Waals surface area contributed by atoms with Gasteiger partial charge < -0.3 is 15.2 Å². The van der Waals surface area contributed by atoms with Crippen LogP contribution >= 0.6 is 11.3 Å². The van der Waals surface area contributed by atoms with Crippen LogP contribution < -0.4 is 5.32 Å². The van der Waals surface area contributed by atoms with Gasteiger partial charge in [-0.25, -0.2) is 4.98 Å². The molecule has 1 heterocycles. The lowest BCUT2D eigenvalue weighted by Gasteiger charge is -2.04. The van der Waals surface area contributed by atoms with Crippen molar-refractivity contribution in [3.8, 4) is 0 Å². The monoisotopic (exact) mass is 230 g/mol. The molecule has 0 saturated heterocycles. The second kappa shape index (κ2) is 7.76. The maximum atomic E-state index is 8.47. The number of hydrogen-bond acceptors (Lipinski definition) is 5. The van der Waals surface area contributed by atoms with Crippen LogP contribution in [0.25, 0.3) is 0 Å². The van der Waals surface area contributed by atoms with Crippen molar-refractivity contribution < 1.29 is 9.84 Å². The topological polar surface area (TPSA) is 54.4 Å². The third-order valence-electron chi connectivity index (χ3n) is 2.03. The molecular weight excluding hydrogens is 212 g/mol. The summed E-state index contributed by atoms with van der Waals surface area (Å²) in [5.74, 6) is 0. The fourth-order valence-corrected chi connectivity index (χ4v) is 1.99. The lowest BCUT2D eigenvalue weighted by atomic mass is 10.3. The summed E-state index contributed by atoms with van der Waals surface area (Å²) in [6.45, 7) is 5.00. The summed E-state index contributed by atoms with van der Waals surface area (Å²) in [6.07, 6.45) is 1.02. The largest absolute Gasteiger partial charge is 0.394 e. The molecule has 0 radical (unpaired) electrons. The number of nitrogens with one attached hydrogen (secondary N) is 1. The zero-order valence-corrected chi connectivity index (χ0v) is 9.85. The van der Waals surface area contributed by atoms with Crippen LogP contribution in [0.4, 0.5) is 0 Å². The van der Waals surface area contributed by atoms with E-state index in [1.54, 1.807) is 11.3 Å². The second-order valence-corrected chi connectivity index (χ2v) is 4.14. The molecule has 0 bridgehead atoms. The van der Waals surface area contributed by atoms with Crippen LogP contribution in [0.5, 0.6) is 0 Å². The Hall–Kier alpha value is -0.490. The van der Waals surface area contributed by atoms with Gasteiger partial charge in [0.25, 0.3) is 0 Å². The van der Waals surface area contributed by atoms with Gasteiger partial charge in [0.15, 0.2) is 0 Å². The molecule has 0 saturated carbocycles. The van der Waals surface area contributed by atoms with Gasteiger partial charge in [-0.3, -0.25) is 0 Å². The molecule has 0 aliphatic carbocycles. The number of rotatable bonds is 8. The molecule has 0 fully saturated rings. The van der Waals surface area contributed by atoms with Crippen LogP contribution in [-0.2, 0) is 11.2 Å². The first-order chi connectivity index (χ1) is 7.34. The summed E-state index contributed by atoms with van der Waals surface area (Å²) in [6, 6.07) is 0. The standard InChI is InChI=1S/C10H18N2O2S/c1-9-10(15-8-12-9)2-3-11-4-6-14-7-5-13/h8,11,13H,2-7H2,1H3. The molecule has 86 valence electrons. The Morgan fingerprint density at radius 2 is 2.33 bits per heavy atom. The number of aromatic nitrogens is 1. The van der Waals surface area contributed by atoms with Crippen LogP contribution in [0.2, 0.25) is 0 Å². The van der Waals surface area contributed by atoms with Crippen molar-refractivity contribution in [3.05, 3.63) is 16.1 Å². The molecular formula is C10H18N2O2S. The first kappa shape index (κ1) is 12.6. The normalized spacial score (nSPS) is 10.8. The molecule has 0 aliphatic rings. The van der Waals surface area contributed by atoms with Crippen molar-refractivity contribution in [1.29, 1.82) is 0 Å². The van der Waals surface area contributed by atoms with Gasteiger partial charge in [0, 0.05) is 18.0 Å².